The molecule has 0 bridgehead atoms. The van der Waals surface area contributed by atoms with Gasteiger partial charge in [0.1, 0.15) is 6.10 Å². The van der Waals surface area contributed by atoms with Crippen LogP contribution in [0.3, 0.4) is 0 Å². The molecule has 0 saturated heterocycles. The van der Waals surface area contributed by atoms with E-state index in [1.54, 1.807) is 14.1 Å². The molecule has 1 rings (SSSR count). The van der Waals surface area contributed by atoms with Gasteiger partial charge in [-0.15, -0.1) is 0 Å². The summed E-state index contributed by atoms with van der Waals surface area (Å²) >= 11 is 0. The summed E-state index contributed by atoms with van der Waals surface area (Å²) in [5, 5.41) is 0. The molecule has 1 fully saturated rings. The number of hydrogen-bond donors (Lipinski definition) is 1. The van der Waals surface area contributed by atoms with E-state index in [0.29, 0.717) is 12.5 Å². The molecular weight excluding hydrogens is 156 g/mol. The van der Waals surface area contributed by atoms with Crippen molar-refractivity contribution in [3.8, 4) is 0 Å². The largest absolute Gasteiger partial charge is 0.446 e. The van der Waals surface area contributed by atoms with E-state index in [9.17, 15) is 4.79 Å². The number of carbonyl (C=O) groups is 1. The van der Waals surface area contributed by atoms with Crippen LogP contribution in [-0.2, 0) is 4.74 Å². The van der Waals surface area contributed by atoms with E-state index < -0.39 is 0 Å². The van der Waals surface area contributed by atoms with Gasteiger partial charge in [-0.3, -0.25) is 0 Å². The molecule has 0 heterocycles. The second kappa shape index (κ2) is 3.76. The lowest BCUT2D eigenvalue weighted by atomic mass is 9.82. The molecule has 0 aromatic rings. The van der Waals surface area contributed by atoms with Crippen LogP contribution >= 0.6 is 0 Å². The van der Waals surface area contributed by atoms with Crippen molar-refractivity contribution >= 4 is 6.09 Å². The van der Waals surface area contributed by atoms with E-state index >= 15 is 0 Å². The van der Waals surface area contributed by atoms with Crippen LogP contribution in [0.15, 0.2) is 0 Å². The van der Waals surface area contributed by atoms with Gasteiger partial charge in [-0.25, -0.2) is 4.79 Å². The zero-order chi connectivity index (χ0) is 9.14. The average molecular weight is 172 g/mol. The van der Waals surface area contributed by atoms with Crippen LogP contribution in [0.2, 0.25) is 0 Å². The highest BCUT2D eigenvalue weighted by molar-refractivity contribution is 5.67. The third-order valence-electron chi connectivity index (χ3n) is 2.16. The van der Waals surface area contributed by atoms with Gasteiger partial charge in [-0.2, -0.15) is 0 Å². The van der Waals surface area contributed by atoms with Crippen LogP contribution in [0.4, 0.5) is 4.79 Å². The van der Waals surface area contributed by atoms with Gasteiger partial charge in [0.2, 0.25) is 0 Å². The van der Waals surface area contributed by atoms with E-state index in [1.807, 2.05) is 0 Å². The molecule has 0 atom stereocenters. The quantitative estimate of drug-likeness (QED) is 0.656. The van der Waals surface area contributed by atoms with Gasteiger partial charge in [-0.05, 0) is 25.3 Å². The van der Waals surface area contributed by atoms with Crippen molar-refractivity contribution in [3.05, 3.63) is 0 Å². The summed E-state index contributed by atoms with van der Waals surface area (Å²) in [5.41, 5.74) is 5.44. The molecule has 12 heavy (non-hydrogen) atoms. The smallest absolute Gasteiger partial charge is 0.409 e. The lowest BCUT2D eigenvalue weighted by Gasteiger charge is -2.34. The molecule has 0 unspecified atom stereocenters. The summed E-state index contributed by atoms with van der Waals surface area (Å²) in [4.78, 5) is 12.5. The van der Waals surface area contributed by atoms with Gasteiger partial charge in [0, 0.05) is 14.1 Å². The highest BCUT2D eigenvalue weighted by Crippen LogP contribution is 2.29. The maximum absolute atomic E-state index is 11.0. The standard InChI is InChI=1S/C8H16N2O2/c1-10(2)8(11)12-7-3-6(4-7)5-9/h6-7H,3-5,9H2,1-2H3. The SMILES string of the molecule is CN(C)C(=O)OC1CC(CN)C1. The van der Waals surface area contributed by atoms with Gasteiger partial charge in [0.15, 0.2) is 0 Å². The van der Waals surface area contributed by atoms with E-state index in [-0.39, 0.29) is 12.2 Å². The van der Waals surface area contributed by atoms with Gasteiger partial charge < -0.3 is 15.4 Å². The predicted molar refractivity (Wildman–Crippen MR) is 45.7 cm³/mol. The molecule has 0 spiro atoms. The van der Waals surface area contributed by atoms with Crippen molar-refractivity contribution < 1.29 is 9.53 Å². The predicted octanol–water partition coefficient (Wildman–Crippen LogP) is 0.422. The third kappa shape index (κ3) is 2.11. The van der Waals surface area contributed by atoms with Crippen molar-refractivity contribution in [3.63, 3.8) is 0 Å². The second-order valence-corrected chi connectivity index (χ2v) is 3.47. The maximum Gasteiger partial charge on any atom is 0.409 e. The Hall–Kier alpha value is -0.770. The van der Waals surface area contributed by atoms with E-state index in [4.69, 9.17) is 10.5 Å². The minimum absolute atomic E-state index is 0.105. The number of carbonyl (C=O) groups excluding carboxylic acids is 1. The number of nitrogens with zero attached hydrogens (tertiary/aromatic N) is 1. The molecule has 2 N–H and O–H groups in total. The first-order valence-electron chi connectivity index (χ1n) is 4.21. The molecule has 1 aliphatic rings. The lowest BCUT2D eigenvalue weighted by molar-refractivity contribution is 0.00710. The Morgan fingerprint density at radius 3 is 2.58 bits per heavy atom. The monoisotopic (exact) mass is 172 g/mol. The number of rotatable bonds is 2. The Bertz CT molecular complexity index is 164. The van der Waals surface area contributed by atoms with Crippen LogP contribution in [0.25, 0.3) is 0 Å². The highest BCUT2D eigenvalue weighted by atomic mass is 16.6. The molecular formula is C8H16N2O2. The first-order chi connectivity index (χ1) is 5.63. The Morgan fingerprint density at radius 1 is 1.58 bits per heavy atom. The second-order valence-electron chi connectivity index (χ2n) is 3.47. The first kappa shape index (κ1) is 9.32. The van der Waals surface area contributed by atoms with Crippen LogP contribution in [0.5, 0.6) is 0 Å². The Kier molecular flexibility index (Phi) is 2.92. The number of nitrogens with two attached hydrogens (primary N) is 1. The van der Waals surface area contributed by atoms with Crippen molar-refractivity contribution in [2.45, 2.75) is 18.9 Å². The summed E-state index contributed by atoms with van der Waals surface area (Å²) in [6.07, 6.45) is 1.70. The summed E-state index contributed by atoms with van der Waals surface area (Å²) < 4.78 is 5.11. The molecule has 4 nitrogen and oxygen atoms in total. The Morgan fingerprint density at radius 2 is 2.17 bits per heavy atom. The zero-order valence-corrected chi connectivity index (χ0v) is 7.62. The van der Waals surface area contributed by atoms with Gasteiger partial charge in [0.05, 0.1) is 0 Å². The first-order valence-corrected chi connectivity index (χ1v) is 4.21. The Labute approximate surface area is 72.7 Å². The lowest BCUT2D eigenvalue weighted by Crippen LogP contribution is -2.39. The van der Waals surface area contributed by atoms with Crippen LogP contribution in [0.1, 0.15) is 12.8 Å². The normalized spacial score (nSPS) is 27.6. The summed E-state index contributed by atoms with van der Waals surface area (Å²) in [5.74, 6) is 0.560. The number of hydrogen-bond acceptors (Lipinski definition) is 3. The average Bonchev–Trinajstić information content (AvgIpc) is 1.94. The van der Waals surface area contributed by atoms with Gasteiger partial charge >= 0.3 is 6.09 Å². The van der Waals surface area contributed by atoms with Crippen molar-refractivity contribution in [2.24, 2.45) is 11.7 Å². The fraction of sp³-hybridized carbons (Fsp3) is 0.875. The van der Waals surface area contributed by atoms with E-state index in [0.717, 1.165) is 12.8 Å². The van der Waals surface area contributed by atoms with Crippen molar-refractivity contribution in [2.75, 3.05) is 20.6 Å². The van der Waals surface area contributed by atoms with Crippen molar-refractivity contribution in [1.82, 2.24) is 4.90 Å². The van der Waals surface area contributed by atoms with Crippen LogP contribution in [-0.4, -0.2) is 37.7 Å². The molecule has 0 aliphatic heterocycles. The molecule has 0 aromatic heterocycles. The zero-order valence-electron chi connectivity index (χ0n) is 7.62. The molecule has 4 heteroatoms. The number of ether oxygens (including phenoxy) is 1. The fourth-order valence-corrected chi connectivity index (χ4v) is 1.21. The minimum Gasteiger partial charge on any atom is -0.446 e. The maximum atomic E-state index is 11.0. The molecule has 70 valence electrons. The summed E-state index contributed by atoms with van der Waals surface area (Å²) in [7, 11) is 3.36. The third-order valence-corrected chi connectivity index (χ3v) is 2.16. The Balaban J connectivity index is 2.14. The van der Waals surface area contributed by atoms with Crippen molar-refractivity contribution in [1.29, 1.82) is 0 Å². The molecule has 1 aliphatic carbocycles. The minimum atomic E-state index is -0.254. The molecule has 1 amide bonds. The fourth-order valence-electron chi connectivity index (χ4n) is 1.21. The van der Waals surface area contributed by atoms with Crippen LogP contribution < -0.4 is 5.73 Å². The van der Waals surface area contributed by atoms with E-state index in [1.165, 1.54) is 4.90 Å². The summed E-state index contributed by atoms with van der Waals surface area (Å²) in [6, 6.07) is 0. The van der Waals surface area contributed by atoms with Gasteiger partial charge in [0.25, 0.3) is 0 Å². The van der Waals surface area contributed by atoms with Gasteiger partial charge in [-0.1, -0.05) is 0 Å². The van der Waals surface area contributed by atoms with E-state index in [2.05, 4.69) is 0 Å². The highest BCUT2D eigenvalue weighted by Gasteiger charge is 2.31. The molecule has 0 radical (unpaired) electrons. The number of amides is 1. The topological polar surface area (TPSA) is 55.6 Å². The molecule has 0 aromatic carbocycles. The molecule has 1 saturated carbocycles. The van der Waals surface area contributed by atoms with Crippen LogP contribution in [0, 0.1) is 5.92 Å². The summed E-state index contributed by atoms with van der Waals surface area (Å²) in [6.45, 7) is 0.704.